The second kappa shape index (κ2) is 16.5. The SMILES string of the molecule is c1ccc(-c2ccc(-c3cccc(N(c4ccc(-c5ccc6ccccc6c5)cc4)c4ccc(-c5ccc6c(ccc7ccccc76)c5)cc4)c3)c3c4ccccc4n(-c4ccccc4)c23)cc1. The molecule has 13 rings (SSSR count). The number of nitrogens with zero attached hydrogens (tertiary/aromatic N) is 2. The zero-order chi connectivity index (χ0) is 45.0. The molecule has 0 aliphatic carbocycles. The van der Waals surface area contributed by atoms with Crippen molar-refractivity contribution < 1.29 is 0 Å². The Labute approximate surface area is 395 Å². The molecule has 12 aromatic carbocycles. The molecule has 0 amide bonds. The number of hydrogen-bond acceptors (Lipinski definition) is 1. The Morgan fingerprint density at radius 3 is 1.54 bits per heavy atom. The van der Waals surface area contributed by atoms with Crippen LogP contribution in [0.25, 0.3) is 104 Å². The summed E-state index contributed by atoms with van der Waals surface area (Å²) in [5.41, 5.74) is 16.3. The average molecular weight is 865 g/mol. The smallest absolute Gasteiger partial charge is 0.0625 e. The lowest BCUT2D eigenvalue weighted by Crippen LogP contribution is -2.10. The van der Waals surface area contributed by atoms with E-state index in [2.05, 4.69) is 276 Å². The van der Waals surface area contributed by atoms with Gasteiger partial charge < -0.3 is 9.47 Å². The predicted octanol–water partition coefficient (Wildman–Crippen LogP) is 18.4. The monoisotopic (exact) mass is 864 g/mol. The molecular formula is C66H44N2. The molecule has 0 aliphatic heterocycles. The molecule has 1 heterocycles. The first kappa shape index (κ1) is 39.4. The van der Waals surface area contributed by atoms with Gasteiger partial charge in [0.2, 0.25) is 0 Å². The van der Waals surface area contributed by atoms with Gasteiger partial charge in [-0.05, 0) is 138 Å². The molecule has 2 nitrogen and oxygen atoms in total. The van der Waals surface area contributed by atoms with Crippen molar-refractivity contribution >= 4 is 71.2 Å². The third-order valence-electron chi connectivity index (χ3n) is 13.7. The van der Waals surface area contributed by atoms with Gasteiger partial charge in [-0.2, -0.15) is 0 Å². The Hall–Kier alpha value is -8.98. The molecule has 318 valence electrons. The van der Waals surface area contributed by atoms with Crippen molar-refractivity contribution in [2.24, 2.45) is 0 Å². The Morgan fingerprint density at radius 2 is 0.794 bits per heavy atom. The number of para-hydroxylation sites is 2. The van der Waals surface area contributed by atoms with Gasteiger partial charge in [-0.1, -0.05) is 200 Å². The summed E-state index contributed by atoms with van der Waals surface area (Å²) in [5.74, 6) is 0. The van der Waals surface area contributed by atoms with E-state index in [1.165, 1.54) is 93.1 Å². The van der Waals surface area contributed by atoms with Gasteiger partial charge >= 0.3 is 0 Å². The minimum Gasteiger partial charge on any atom is -0.310 e. The third-order valence-corrected chi connectivity index (χ3v) is 13.7. The molecule has 0 saturated carbocycles. The Morgan fingerprint density at radius 1 is 0.265 bits per heavy atom. The number of anilines is 3. The first-order valence-corrected chi connectivity index (χ1v) is 23.4. The van der Waals surface area contributed by atoms with Crippen molar-refractivity contribution in [2.45, 2.75) is 0 Å². The largest absolute Gasteiger partial charge is 0.310 e. The number of hydrogen-bond donors (Lipinski definition) is 0. The fourth-order valence-corrected chi connectivity index (χ4v) is 10.5. The highest BCUT2D eigenvalue weighted by atomic mass is 15.1. The zero-order valence-corrected chi connectivity index (χ0v) is 37.3. The van der Waals surface area contributed by atoms with Crippen LogP contribution in [-0.2, 0) is 0 Å². The van der Waals surface area contributed by atoms with Gasteiger partial charge in [0.05, 0.1) is 11.0 Å². The molecule has 68 heavy (non-hydrogen) atoms. The zero-order valence-electron chi connectivity index (χ0n) is 37.3. The van der Waals surface area contributed by atoms with Crippen LogP contribution >= 0.6 is 0 Å². The van der Waals surface area contributed by atoms with Gasteiger partial charge in [-0.3, -0.25) is 0 Å². The second-order valence-corrected chi connectivity index (χ2v) is 17.7. The van der Waals surface area contributed by atoms with Crippen molar-refractivity contribution in [3.05, 3.63) is 267 Å². The summed E-state index contributed by atoms with van der Waals surface area (Å²) in [6.45, 7) is 0. The molecule has 13 aromatic rings. The van der Waals surface area contributed by atoms with E-state index < -0.39 is 0 Å². The van der Waals surface area contributed by atoms with E-state index in [9.17, 15) is 0 Å². The van der Waals surface area contributed by atoms with Crippen LogP contribution in [0.3, 0.4) is 0 Å². The molecule has 0 spiro atoms. The Balaban J connectivity index is 0.959. The van der Waals surface area contributed by atoms with Crippen LogP contribution in [0.5, 0.6) is 0 Å². The van der Waals surface area contributed by atoms with E-state index in [-0.39, 0.29) is 0 Å². The molecule has 0 unspecified atom stereocenters. The first-order chi connectivity index (χ1) is 33.7. The van der Waals surface area contributed by atoms with Crippen LogP contribution in [-0.4, -0.2) is 4.57 Å². The summed E-state index contributed by atoms with van der Waals surface area (Å²) in [4.78, 5) is 2.40. The Bertz CT molecular complexity index is 4000. The van der Waals surface area contributed by atoms with Crippen molar-refractivity contribution in [1.82, 2.24) is 4.57 Å². The fraction of sp³-hybridized carbons (Fsp3) is 0. The lowest BCUT2D eigenvalue weighted by atomic mass is 9.94. The molecule has 2 heteroatoms. The fourth-order valence-electron chi connectivity index (χ4n) is 10.5. The minimum absolute atomic E-state index is 1.08. The van der Waals surface area contributed by atoms with Crippen molar-refractivity contribution in [3.63, 3.8) is 0 Å². The summed E-state index contributed by atoms with van der Waals surface area (Å²) >= 11 is 0. The quantitative estimate of drug-likeness (QED) is 0.138. The molecular weight excluding hydrogens is 821 g/mol. The molecule has 0 saturated heterocycles. The summed E-state index contributed by atoms with van der Waals surface area (Å²) in [6.07, 6.45) is 0. The van der Waals surface area contributed by atoms with Crippen molar-refractivity contribution in [1.29, 1.82) is 0 Å². The van der Waals surface area contributed by atoms with Crippen molar-refractivity contribution in [3.8, 4) is 50.2 Å². The standard InChI is InChI=1S/C66H44N2/c1-3-15-48(16-4-1)62-41-40-61(65-63-24-11-12-25-64(63)68(66(62)65)55-20-5-2-6-21-55)53-19-13-22-58(44-53)67(56-35-30-46(31-36-56)51-28-26-45-14-7-8-18-50(45)42-51)57-37-32-47(33-38-57)52-34-39-60-54(43-52)29-27-49-17-9-10-23-59(49)60/h1-44H. The van der Waals surface area contributed by atoms with Crippen LogP contribution in [0, 0.1) is 0 Å². The number of aromatic nitrogens is 1. The van der Waals surface area contributed by atoms with Crippen LogP contribution in [0.4, 0.5) is 17.1 Å². The van der Waals surface area contributed by atoms with E-state index in [0.717, 1.165) is 28.3 Å². The topological polar surface area (TPSA) is 8.17 Å². The van der Waals surface area contributed by atoms with E-state index in [0.29, 0.717) is 0 Å². The van der Waals surface area contributed by atoms with E-state index >= 15 is 0 Å². The van der Waals surface area contributed by atoms with Gasteiger partial charge in [-0.25, -0.2) is 0 Å². The lowest BCUT2D eigenvalue weighted by molar-refractivity contribution is 1.18. The van der Waals surface area contributed by atoms with Gasteiger partial charge in [0, 0.05) is 39.1 Å². The molecule has 0 atom stereocenters. The van der Waals surface area contributed by atoms with Gasteiger partial charge in [0.25, 0.3) is 0 Å². The van der Waals surface area contributed by atoms with Gasteiger partial charge in [0.15, 0.2) is 0 Å². The Kier molecular flexibility index (Phi) is 9.54. The summed E-state index contributed by atoms with van der Waals surface area (Å²) < 4.78 is 2.45. The molecule has 1 aromatic heterocycles. The van der Waals surface area contributed by atoms with Crippen LogP contribution in [0.2, 0.25) is 0 Å². The van der Waals surface area contributed by atoms with Crippen LogP contribution in [0.1, 0.15) is 0 Å². The van der Waals surface area contributed by atoms with E-state index in [1.54, 1.807) is 0 Å². The van der Waals surface area contributed by atoms with Crippen LogP contribution in [0.15, 0.2) is 267 Å². The summed E-state index contributed by atoms with van der Waals surface area (Å²) in [7, 11) is 0. The lowest BCUT2D eigenvalue weighted by Gasteiger charge is -2.26. The first-order valence-electron chi connectivity index (χ1n) is 23.4. The number of fused-ring (bicyclic) bond motifs is 7. The van der Waals surface area contributed by atoms with Gasteiger partial charge in [-0.15, -0.1) is 0 Å². The highest BCUT2D eigenvalue weighted by Crippen LogP contribution is 2.45. The number of benzene rings is 12. The summed E-state index contributed by atoms with van der Waals surface area (Å²) in [5, 5.41) is 10.0. The normalized spacial score (nSPS) is 11.5. The maximum atomic E-state index is 2.45. The molecule has 0 N–H and O–H groups in total. The summed E-state index contributed by atoms with van der Waals surface area (Å²) in [6, 6.07) is 97.5. The maximum absolute atomic E-state index is 2.45. The third kappa shape index (κ3) is 6.82. The molecule has 0 fully saturated rings. The van der Waals surface area contributed by atoms with E-state index in [4.69, 9.17) is 0 Å². The molecule has 0 bridgehead atoms. The average Bonchev–Trinajstić information content (AvgIpc) is 3.77. The van der Waals surface area contributed by atoms with E-state index in [1.807, 2.05) is 0 Å². The predicted molar refractivity (Wildman–Crippen MR) is 290 cm³/mol. The van der Waals surface area contributed by atoms with Gasteiger partial charge in [0.1, 0.15) is 0 Å². The number of rotatable bonds is 8. The molecule has 0 radical (unpaired) electrons. The second-order valence-electron chi connectivity index (χ2n) is 17.7. The highest BCUT2D eigenvalue weighted by Gasteiger charge is 2.21. The van der Waals surface area contributed by atoms with Crippen LogP contribution < -0.4 is 4.90 Å². The maximum Gasteiger partial charge on any atom is 0.0625 e. The highest BCUT2D eigenvalue weighted by molar-refractivity contribution is 6.19. The molecule has 0 aliphatic rings. The van der Waals surface area contributed by atoms with Crippen molar-refractivity contribution in [2.75, 3.05) is 4.90 Å². The minimum atomic E-state index is 1.08.